The van der Waals surface area contributed by atoms with Crippen LogP contribution in [0.25, 0.3) is 0 Å². The van der Waals surface area contributed by atoms with E-state index in [1.54, 1.807) is 30.3 Å². The largest absolute Gasteiger partial charge is 0.365 e. The van der Waals surface area contributed by atoms with Crippen LogP contribution in [0.5, 0.6) is 0 Å². The van der Waals surface area contributed by atoms with E-state index >= 15 is 0 Å². The molecule has 0 radical (unpaired) electrons. The summed E-state index contributed by atoms with van der Waals surface area (Å²) in [7, 11) is 1.80. The number of piperidine rings is 1. The van der Waals surface area contributed by atoms with Crippen molar-refractivity contribution in [1.29, 1.82) is 0 Å². The van der Waals surface area contributed by atoms with Crippen molar-refractivity contribution in [2.75, 3.05) is 18.4 Å². The number of amides is 1. The summed E-state index contributed by atoms with van der Waals surface area (Å²) in [5.41, 5.74) is 3.07. The van der Waals surface area contributed by atoms with Gasteiger partial charge in [0.25, 0.3) is 5.91 Å². The standard InChI is InChI=1S/C17H22N6O/c1-22-15(7-8-20-22)17(24)23-9-3-4-12(10-23)21-16-13-5-2-6-14(13)18-11-19-16/h7-8,11-12H,2-6,9-10H2,1H3,(H,18,19,21). The fraction of sp³-hybridized carbons (Fsp3) is 0.529. The summed E-state index contributed by atoms with van der Waals surface area (Å²) in [6, 6.07) is 2.01. The maximum absolute atomic E-state index is 12.7. The van der Waals surface area contributed by atoms with E-state index in [0.717, 1.165) is 44.5 Å². The van der Waals surface area contributed by atoms with Crippen LogP contribution >= 0.6 is 0 Å². The molecule has 1 atom stereocenters. The van der Waals surface area contributed by atoms with Crippen LogP contribution in [0.4, 0.5) is 5.82 Å². The van der Waals surface area contributed by atoms with Gasteiger partial charge < -0.3 is 10.2 Å². The Morgan fingerprint density at radius 1 is 1.29 bits per heavy atom. The van der Waals surface area contributed by atoms with E-state index in [1.165, 1.54) is 11.3 Å². The van der Waals surface area contributed by atoms with Crippen LogP contribution in [0.15, 0.2) is 18.6 Å². The van der Waals surface area contributed by atoms with E-state index < -0.39 is 0 Å². The smallest absolute Gasteiger partial charge is 0.272 e. The van der Waals surface area contributed by atoms with Gasteiger partial charge in [-0.3, -0.25) is 9.48 Å². The molecule has 1 amide bonds. The van der Waals surface area contributed by atoms with Gasteiger partial charge in [0.05, 0.1) is 0 Å². The minimum absolute atomic E-state index is 0.0504. The molecule has 2 aromatic rings. The average molecular weight is 326 g/mol. The molecule has 1 fully saturated rings. The maximum atomic E-state index is 12.7. The molecule has 1 N–H and O–H groups in total. The molecule has 0 bridgehead atoms. The van der Waals surface area contributed by atoms with Crippen molar-refractivity contribution in [3.63, 3.8) is 0 Å². The Labute approximate surface area is 141 Å². The lowest BCUT2D eigenvalue weighted by Crippen LogP contribution is -2.45. The third kappa shape index (κ3) is 2.74. The van der Waals surface area contributed by atoms with Gasteiger partial charge >= 0.3 is 0 Å². The normalized spacial score (nSPS) is 20.0. The zero-order valence-corrected chi connectivity index (χ0v) is 13.9. The van der Waals surface area contributed by atoms with Crippen LogP contribution < -0.4 is 5.32 Å². The summed E-state index contributed by atoms with van der Waals surface area (Å²) in [6.07, 6.45) is 8.59. The Kier molecular flexibility index (Phi) is 3.92. The minimum atomic E-state index is 0.0504. The van der Waals surface area contributed by atoms with Gasteiger partial charge in [0, 0.05) is 43.6 Å². The van der Waals surface area contributed by atoms with E-state index in [0.29, 0.717) is 12.2 Å². The van der Waals surface area contributed by atoms with Gasteiger partial charge in [-0.05, 0) is 38.2 Å². The topological polar surface area (TPSA) is 75.9 Å². The Morgan fingerprint density at radius 2 is 2.21 bits per heavy atom. The summed E-state index contributed by atoms with van der Waals surface area (Å²) in [5.74, 6) is 1.01. The number of carbonyl (C=O) groups is 1. The molecule has 0 saturated carbocycles. The van der Waals surface area contributed by atoms with Gasteiger partial charge in [-0.2, -0.15) is 5.10 Å². The molecule has 0 spiro atoms. The molecule has 1 aliphatic carbocycles. The molecule has 1 aliphatic heterocycles. The van der Waals surface area contributed by atoms with Crippen molar-refractivity contribution in [1.82, 2.24) is 24.6 Å². The van der Waals surface area contributed by atoms with E-state index in [1.807, 2.05) is 4.90 Å². The lowest BCUT2D eigenvalue weighted by molar-refractivity contribution is 0.0703. The van der Waals surface area contributed by atoms with Crippen molar-refractivity contribution in [3.05, 3.63) is 35.5 Å². The number of likely N-dealkylation sites (tertiary alicyclic amines) is 1. The zero-order chi connectivity index (χ0) is 16.5. The molecule has 2 aliphatic rings. The third-order valence-electron chi connectivity index (χ3n) is 4.96. The monoisotopic (exact) mass is 326 g/mol. The predicted molar refractivity (Wildman–Crippen MR) is 89.8 cm³/mol. The first kappa shape index (κ1) is 15.1. The van der Waals surface area contributed by atoms with Crippen molar-refractivity contribution in [2.45, 2.75) is 38.1 Å². The number of rotatable bonds is 3. The average Bonchev–Trinajstić information content (AvgIpc) is 3.24. The summed E-state index contributed by atoms with van der Waals surface area (Å²) in [4.78, 5) is 23.4. The molecule has 7 nitrogen and oxygen atoms in total. The lowest BCUT2D eigenvalue weighted by Gasteiger charge is -2.33. The fourth-order valence-electron chi connectivity index (χ4n) is 3.70. The zero-order valence-electron chi connectivity index (χ0n) is 13.9. The number of hydrogen-bond acceptors (Lipinski definition) is 5. The highest BCUT2D eigenvalue weighted by Crippen LogP contribution is 2.26. The molecule has 126 valence electrons. The highest BCUT2D eigenvalue weighted by atomic mass is 16.2. The van der Waals surface area contributed by atoms with Crippen LogP contribution in [-0.2, 0) is 19.9 Å². The molecule has 7 heteroatoms. The van der Waals surface area contributed by atoms with Crippen LogP contribution in [0.2, 0.25) is 0 Å². The number of carbonyl (C=O) groups excluding carboxylic acids is 1. The highest BCUT2D eigenvalue weighted by molar-refractivity contribution is 5.92. The fourth-order valence-corrected chi connectivity index (χ4v) is 3.70. The summed E-state index contributed by atoms with van der Waals surface area (Å²) >= 11 is 0. The number of nitrogens with one attached hydrogen (secondary N) is 1. The second-order valence-electron chi connectivity index (χ2n) is 6.58. The molecule has 4 rings (SSSR count). The molecule has 1 unspecified atom stereocenters. The van der Waals surface area contributed by atoms with Gasteiger partial charge in [0.1, 0.15) is 17.8 Å². The second-order valence-corrected chi connectivity index (χ2v) is 6.58. The Morgan fingerprint density at radius 3 is 3.04 bits per heavy atom. The van der Waals surface area contributed by atoms with Crippen LogP contribution in [0.3, 0.4) is 0 Å². The number of hydrogen-bond donors (Lipinski definition) is 1. The molecule has 2 aromatic heterocycles. The van der Waals surface area contributed by atoms with Crippen molar-refractivity contribution < 1.29 is 4.79 Å². The minimum Gasteiger partial charge on any atom is -0.365 e. The summed E-state index contributed by atoms with van der Waals surface area (Å²) < 4.78 is 1.64. The van der Waals surface area contributed by atoms with Crippen molar-refractivity contribution >= 4 is 11.7 Å². The first-order valence-corrected chi connectivity index (χ1v) is 8.59. The Bertz CT molecular complexity index is 755. The van der Waals surface area contributed by atoms with E-state index in [-0.39, 0.29) is 11.9 Å². The SMILES string of the molecule is Cn1nccc1C(=O)N1CCCC(Nc2ncnc3c2CCC3)C1. The van der Waals surface area contributed by atoms with Gasteiger partial charge in [-0.15, -0.1) is 0 Å². The van der Waals surface area contributed by atoms with E-state index in [4.69, 9.17) is 0 Å². The first-order chi connectivity index (χ1) is 11.7. The highest BCUT2D eigenvalue weighted by Gasteiger charge is 2.27. The second kappa shape index (κ2) is 6.22. The van der Waals surface area contributed by atoms with E-state index in [9.17, 15) is 4.79 Å². The number of aromatic nitrogens is 4. The van der Waals surface area contributed by atoms with Crippen molar-refractivity contribution in [3.8, 4) is 0 Å². The molecular formula is C17H22N6O. The van der Waals surface area contributed by atoms with Gasteiger partial charge in [-0.25, -0.2) is 9.97 Å². The van der Waals surface area contributed by atoms with Gasteiger partial charge in [-0.1, -0.05) is 0 Å². The third-order valence-corrected chi connectivity index (χ3v) is 4.96. The van der Waals surface area contributed by atoms with Gasteiger partial charge in [0.2, 0.25) is 0 Å². The van der Waals surface area contributed by atoms with Gasteiger partial charge in [0.15, 0.2) is 0 Å². The maximum Gasteiger partial charge on any atom is 0.272 e. The molecule has 3 heterocycles. The number of aryl methyl sites for hydroxylation is 2. The van der Waals surface area contributed by atoms with Crippen LogP contribution in [0.1, 0.15) is 41.0 Å². The number of anilines is 1. The first-order valence-electron chi connectivity index (χ1n) is 8.59. The molecule has 24 heavy (non-hydrogen) atoms. The number of fused-ring (bicyclic) bond motifs is 1. The quantitative estimate of drug-likeness (QED) is 0.923. The number of nitrogens with zero attached hydrogens (tertiary/aromatic N) is 5. The van der Waals surface area contributed by atoms with E-state index in [2.05, 4.69) is 20.4 Å². The Hall–Kier alpha value is -2.44. The predicted octanol–water partition coefficient (Wildman–Crippen LogP) is 1.42. The molecular weight excluding hydrogens is 304 g/mol. The molecule has 0 aromatic carbocycles. The van der Waals surface area contributed by atoms with Crippen molar-refractivity contribution in [2.24, 2.45) is 7.05 Å². The lowest BCUT2D eigenvalue weighted by atomic mass is 10.0. The molecule has 1 saturated heterocycles. The summed E-state index contributed by atoms with van der Waals surface area (Å²) in [5, 5.41) is 7.65. The van der Waals surface area contributed by atoms with Crippen LogP contribution in [0, 0.1) is 0 Å². The van der Waals surface area contributed by atoms with Crippen LogP contribution in [-0.4, -0.2) is 49.7 Å². The Balaban J connectivity index is 1.47. The summed E-state index contributed by atoms with van der Waals surface area (Å²) in [6.45, 7) is 1.49.